The summed E-state index contributed by atoms with van der Waals surface area (Å²) in [7, 11) is 0. The second kappa shape index (κ2) is 8.03. The van der Waals surface area contributed by atoms with Crippen LogP contribution in [0.5, 0.6) is 0 Å². The van der Waals surface area contributed by atoms with Crippen LogP contribution in [0.15, 0.2) is 48.5 Å². The van der Waals surface area contributed by atoms with Crippen molar-refractivity contribution in [3.63, 3.8) is 0 Å². The van der Waals surface area contributed by atoms with Crippen molar-refractivity contribution < 1.29 is 9.59 Å². The molecule has 6 nitrogen and oxygen atoms in total. The Bertz CT molecular complexity index is 913. The number of benzene rings is 2. The zero-order valence-electron chi connectivity index (χ0n) is 15.7. The standard InChI is InChI=1S/C21H24N4O2/c1-4-14(3)18(24-19(26)15-11-9-13(2)10-12-15)20(27)25-21-22-16-7-5-6-8-17(16)23-21/h5-12,14,18H,4H2,1-3H3,(H,24,26)(H2,22,23,25,27)/t14-,18+/m1/s1. The summed E-state index contributed by atoms with van der Waals surface area (Å²) in [4.78, 5) is 32.8. The topological polar surface area (TPSA) is 86.9 Å². The van der Waals surface area contributed by atoms with Gasteiger partial charge in [-0.3, -0.25) is 14.9 Å². The number of hydrogen-bond donors (Lipinski definition) is 3. The van der Waals surface area contributed by atoms with Gasteiger partial charge in [0.2, 0.25) is 11.9 Å². The normalized spacial score (nSPS) is 13.1. The number of aryl methyl sites for hydroxylation is 1. The Kier molecular flexibility index (Phi) is 5.54. The largest absolute Gasteiger partial charge is 0.340 e. The molecule has 1 heterocycles. The number of nitrogens with one attached hydrogen (secondary N) is 3. The van der Waals surface area contributed by atoms with Crippen LogP contribution in [-0.2, 0) is 4.79 Å². The van der Waals surface area contributed by atoms with E-state index in [4.69, 9.17) is 0 Å². The van der Waals surface area contributed by atoms with E-state index in [-0.39, 0.29) is 17.7 Å². The molecule has 1 aromatic heterocycles. The monoisotopic (exact) mass is 364 g/mol. The van der Waals surface area contributed by atoms with E-state index in [0.29, 0.717) is 11.5 Å². The van der Waals surface area contributed by atoms with Crippen LogP contribution in [0.25, 0.3) is 11.0 Å². The van der Waals surface area contributed by atoms with E-state index in [9.17, 15) is 9.59 Å². The van der Waals surface area contributed by atoms with Gasteiger partial charge in [0.25, 0.3) is 5.91 Å². The maximum atomic E-state index is 12.8. The van der Waals surface area contributed by atoms with Crippen LogP contribution in [0.4, 0.5) is 5.95 Å². The fourth-order valence-corrected chi connectivity index (χ4v) is 2.84. The molecule has 3 rings (SSSR count). The van der Waals surface area contributed by atoms with E-state index < -0.39 is 6.04 Å². The number of hydrogen-bond acceptors (Lipinski definition) is 3. The minimum absolute atomic E-state index is 0.0243. The summed E-state index contributed by atoms with van der Waals surface area (Å²) < 4.78 is 0. The molecule has 3 aromatic rings. The highest BCUT2D eigenvalue weighted by atomic mass is 16.2. The zero-order valence-corrected chi connectivity index (χ0v) is 15.7. The van der Waals surface area contributed by atoms with Crippen molar-refractivity contribution in [1.82, 2.24) is 15.3 Å². The van der Waals surface area contributed by atoms with Crippen LogP contribution < -0.4 is 10.6 Å². The molecule has 0 aliphatic rings. The SMILES string of the molecule is CC[C@@H](C)[C@H](NC(=O)c1ccc(C)cc1)C(=O)Nc1nc2ccccc2[nH]1. The van der Waals surface area contributed by atoms with Crippen LogP contribution in [0.3, 0.4) is 0 Å². The highest BCUT2D eigenvalue weighted by molar-refractivity contribution is 6.01. The van der Waals surface area contributed by atoms with Gasteiger partial charge in [-0.15, -0.1) is 0 Å². The van der Waals surface area contributed by atoms with Crippen molar-refractivity contribution in [1.29, 1.82) is 0 Å². The van der Waals surface area contributed by atoms with Crippen LogP contribution in [0, 0.1) is 12.8 Å². The number of para-hydroxylation sites is 2. The molecule has 27 heavy (non-hydrogen) atoms. The predicted octanol–water partition coefficient (Wildman–Crippen LogP) is 3.65. The van der Waals surface area contributed by atoms with Gasteiger partial charge in [-0.05, 0) is 37.1 Å². The Morgan fingerprint density at radius 1 is 1.11 bits per heavy atom. The number of rotatable bonds is 6. The lowest BCUT2D eigenvalue weighted by Crippen LogP contribution is -2.47. The first-order valence-electron chi connectivity index (χ1n) is 9.11. The maximum Gasteiger partial charge on any atom is 0.251 e. The maximum absolute atomic E-state index is 12.8. The number of imidazole rings is 1. The average molecular weight is 364 g/mol. The molecule has 3 N–H and O–H groups in total. The lowest BCUT2D eigenvalue weighted by Gasteiger charge is -2.23. The van der Waals surface area contributed by atoms with Crippen molar-refractivity contribution in [3.8, 4) is 0 Å². The van der Waals surface area contributed by atoms with Gasteiger partial charge in [0.1, 0.15) is 6.04 Å². The van der Waals surface area contributed by atoms with E-state index in [1.54, 1.807) is 12.1 Å². The van der Waals surface area contributed by atoms with E-state index in [1.807, 2.05) is 57.2 Å². The number of aromatic amines is 1. The van der Waals surface area contributed by atoms with Crippen LogP contribution in [-0.4, -0.2) is 27.8 Å². The summed E-state index contributed by atoms with van der Waals surface area (Å²) in [6.45, 7) is 5.90. The third-order valence-corrected chi connectivity index (χ3v) is 4.73. The molecule has 0 radical (unpaired) electrons. The number of carbonyl (C=O) groups excluding carboxylic acids is 2. The van der Waals surface area contributed by atoms with Gasteiger partial charge < -0.3 is 10.3 Å². The summed E-state index contributed by atoms with van der Waals surface area (Å²) >= 11 is 0. The molecular formula is C21H24N4O2. The Balaban J connectivity index is 1.75. The molecule has 0 spiro atoms. The van der Waals surface area contributed by atoms with Gasteiger partial charge in [-0.1, -0.05) is 50.1 Å². The molecule has 0 aliphatic heterocycles. The van der Waals surface area contributed by atoms with E-state index in [0.717, 1.165) is 23.0 Å². The van der Waals surface area contributed by atoms with Crippen molar-refractivity contribution in [2.75, 3.05) is 5.32 Å². The number of amides is 2. The summed E-state index contributed by atoms with van der Waals surface area (Å²) in [5, 5.41) is 5.66. The zero-order chi connectivity index (χ0) is 19.4. The highest BCUT2D eigenvalue weighted by Crippen LogP contribution is 2.16. The average Bonchev–Trinajstić information content (AvgIpc) is 3.07. The molecule has 0 fully saturated rings. The van der Waals surface area contributed by atoms with E-state index >= 15 is 0 Å². The smallest absolute Gasteiger partial charge is 0.251 e. The molecular weight excluding hydrogens is 340 g/mol. The minimum atomic E-state index is -0.656. The molecule has 0 unspecified atom stereocenters. The Labute approximate surface area is 158 Å². The van der Waals surface area contributed by atoms with Crippen molar-refractivity contribution in [3.05, 3.63) is 59.7 Å². The third kappa shape index (κ3) is 4.34. The first-order valence-corrected chi connectivity index (χ1v) is 9.11. The number of carbonyl (C=O) groups is 2. The summed E-state index contributed by atoms with van der Waals surface area (Å²) in [5.41, 5.74) is 3.23. The molecule has 2 atom stereocenters. The van der Waals surface area contributed by atoms with Crippen LogP contribution in [0.1, 0.15) is 36.2 Å². The van der Waals surface area contributed by atoms with E-state index in [2.05, 4.69) is 20.6 Å². The number of H-pyrrole nitrogens is 1. The van der Waals surface area contributed by atoms with Gasteiger partial charge in [0.15, 0.2) is 0 Å². The molecule has 0 aliphatic carbocycles. The van der Waals surface area contributed by atoms with Gasteiger partial charge >= 0.3 is 0 Å². The quantitative estimate of drug-likeness (QED) is 0.624. The number of fused-ring (bicyclic) bond motifs is 1. The first-order chi connectivity index (χ1) is 13.0. The number of aromatic nitrogens is 2. The minimum Gasteiger partial charge on any atom is -0.340 e. The fourth-order valence-electron chi connectivity index (χ4n) is 2.84. The first kappa shape index (κ1) is 18.6. The molecule has 2 aromatic carbocycles. The third-order valence-electron chi connectivity index (χ3n) is 4.73. The molecule has 6 heteroatoms. The highest BCUT2D eigenvalue weighted by Gasteiger charge is 2.27. The predicted molar refractivity (Wildman–Crippen MR) is 107 cm³/mol. The Morgan fingerprint density at radius 3 is 2.48 bits per heavy atom. The molecule has 0 saturated heterocycles. The van der Waals surface area contributed by atoms with Crippen molar-refractivity contribution >= 4 is 28.8 Å². The van der Waals surface area contributed by atoms with Crippen molar-refractivity contribution in [2.24, 2.45) is 5.92 Å². The molecule has 140 valence electrons. The lowest BCUT2D eigenvalue weighted by atomic mass is 9.98. The second-order valence-electron chi connectivity index (χ2n) is 6.79. The summed E-state index contributed by atoms with van der Waals surface area (Å²) in [6, 6.07) is 14.2. The lowest BCUT2D eigenvalue weighted by molar-refractivity contribution is -0.119. The number of nitrogens with zero attached hydrogens (tertiary/aromatic N) is 1. The van der Waals surface area contributed by atoms with Crippen molar-refractivity contribution in [2.45, 2.75) is 33.2 Å². The van der Waals surface area contributed by atoms with Gasteiger partial charge in [0, 0.05) is 5.56 Å². The summed E-state index contributed by atoms with van der Waals surface area (Å²) in [5.74, 6) is -0.202. The molecule has 0 saturated carbocycles. The van der Waals surface area contributed by atoms with E-state index in [1.165, 1.54) is 0 Å². The fraction of sp³-hybridized carbons (Fsp3) is 0.286. The number of anilines is 1. The van der Waals surface area contributed by atoms with Gasteiger partial charge in [0.05, 0.1) is 11.0 Å². The second-order valence-corrected chi connectivity index (χ2v) is 6.79. The Morgan fingerprint density at radius 2 is 1.81 bits per heavy atom. The van der Waals surface area contributed by atoms with Crippen LogP contribution >= 0.6 is 0 Å². The Hall–Kier alpha value is -3.15. The van der Waals surface area contributed by atoms with Crippen LogP contribution in [0.2, 0.25) is 0 Å². The molecule has 2 amide bonds. The van der Waals surface area contributed by atoms with Gasteiger partial charge in [-0.2, -0.15) is 0 Å². The molecule has 0 bridgehead atoms. The summed E-state index contributed by atoms with van der Waals surface area (Å²) in [6.07, 6.45) is 0.756. The van der Waals surface area contributed by atoms with Gasteiger partial charge in [-0.25, -0.2) is 4.98 Å².